The molecule has 0 aliphatic rings. The molecule has 0 bridgehead atoms. The summed E-state index contributed by atoms with van der Waals surface area (Å²) < 4.78 is 5.95. The molecule has 0 fully saturated rings. The Labute approximate surface area is 101 Å². The van der Waals surface area contributed by atoms with Crippen LogP contribution in [-0.4, -0.2) is 22.1 Å². The van der Waals surface area contributed by atoms with Gasteiger partial charge in [0.05, 0.1) is 7.11 Å². The Morgan fingerprint density at radius 1 is 1.19 bits per heavy atom. The molecule has 0 spiro atoms. The zero-order valence-corrected chi connectivity index (χ0v) is 10.1. The van der Waals surface area contributed by atoms with Crippen LogP contribution in [0.2, 0.25) is 0 Å². The summed E-state index contributed by atoms with van der Waals surface area (Å²) in [6.45, 7) is 0. The molecular weight excluding hydrogens is 272 g/mol. The van der Waals surface area contributed by atoms with Gasteiger partial charge in [-0.15, -0.1) is 0 Å². The first-order valence-electron chi connectivity index (χ1n) is 4.52. The number of anilines is 2. The summed E-state index contributed by atoms with van der Waals surface area (Å²) in [7, 11) is 1.56. The molecule has 0 amide bonds. The van der Waals surface area contributed by atoms with Crippen LogP contribution in [0.25, 0.3) is 0 Å². The molecule has 0 aliphatic heterocycles. The summed E-state index contributed by atoms with van der Waals surface area (Å²) in [5.74, 6) is 1.85. The van der Waals surface area contributed by atoms with Crippen molar-refractivity contribution >= 4 is 27.6 Å². The fourth-order valence-electron chi connectivity index (χ4n) is 1.12. The van der Waals surface area contributed by atoms with Crippen LogP contribution in [0.5, 0.6) is 5.88 Å². The van der Waals surface area contributed by atoms with Crippen LogP contribution in [0, 0.1) is 0 Å². The highest BCUT2D eigenvalue weighted by atomic mass is 79.9. The van der Waals surface area contributed by atoms with Crippen molar-refractivity contribution in [2.75, 3.05) is 12.4 Å². The summed E-state index contributed by atoms with van der Waals surface area (Å²) in [4.78, 5) is 12.1. The Hall–Kier alpha value is -1.69. The first-order chi connectivity index (χ1) is 7.78. The van der Waals surface area contributed by atoms with Gasteiger partial charge in [-0.2, -0.15) is 0 Å². The van der Waals surface area contributed by atoms with Crippen molar-refractivity contribution in [1.82, 2.24) is 15.0 Å². The zero-order chi connectivity index (χ0) is 11.4. The van der Waals surface area contributed by atoms with Crippen LogP contribution in [0.1, 0.15) is 0 Å². The lowest BCUT2D eigenvalue weighted by Gasteiger charge is -2.05. The maximum Gasteiger partial charge on any atom is 0.218 e. The van der Waals surface area contributed by atoms with E-state index >= 15 is 0 Å². The Morgan fingerprint density at radius 2 is 2.00 bits per heavy atom. The predicted molar refractivity (Wildman–Crippen MR) is 63.8 cm³/mol. The van der Waals surface area contributed by atoms with Gasteiger partial charge in [0.1, 0.15) is 18.0 Å². The first kappa shape index (κ1) is 10.8. The van der Waals surface area contributed by atoms with Crippen LogP contribution in [0.4, 0.5) is 11.6 Å². The molecule has 0 radical (unpaired) electrons. The number of ether oxygens (including phenoxy) is 1. The molecule has 6 heteroatoms. The van der Waals surface area contributed by atoms with E-state index in [2.05, 4.69) is 36.2 Å². The lowest BCUT2D eigenvalue weighted by atomic mass is 10.4. The highest BCUT2D eigenvalue weighted by Crippen LogP contribution is 2.18. The number of pyridine rings is 1. The molecule has 2 aromatic heterocycles. The third-order valence-electron chi connectivity index (χ3n) is 1.83. The topological polar surface area (TPSA) is 59.9 Å². The van der Waals surface area contributed by atoms with E-state index in [0.29, 0.717) is 17.5 Å². The second kappa shape index (κ2) is 4.89. The van der Waals surface area contributed by atoms with Crippen LogP contribution < -0.4 is 10.1 Å². The van der Waals surface area contributed by atoms with E-state index in [1.54, 1.807) is 19.4 Å². The Kier molecular flexibility index (Phi) is 3.31. The molecule has 0 aromatic carbocycles. The largest absolute Gasteiger partial charge is 0.481 e. The normalized spacial score (nSPS) is 9.88. The van der Waals surface area contributed by atoms with Gasteiger partial charge in [0.2, 0.25) is 5.88 Å². The lowest BCUT2D eigenvalue weighted by Crippen LogP contribution is -1.97. The van der Waals surface area contributed by atoms with Gasteiger partial charge in [-0.25, -0.2) is 15.0 Å². The van der Waals surface area contributed by atoms with E-state index in [0.717, 1.165) is 4.47 Å². The maximum atomic E-state index is 5.00. The summed E-state index contributed by atoms with van der Waals surface area (Å²) in [5, 5.41) is 3.05. The predicted octanol–water partition coefficient (Wildman–Crippen LogP) is 2.39. The molecule has 2 aromatic rings. The van der Waals surface area contributed by atoms with Crippen molar-refractivity contribution in [2.24, 2.45) is 0 Å². The van der Waals surface area contributed by atoms with Crippen LogP contribution >= 0.6 is 15.9 Å². The van der Waals surface area contributed by atoms with Crippen molar-refractivity contribution in [1.29, 1.82) is 0 Å². The van der Waals surface area contributed by atoms with Gasteiger partial charge in [-0.1, -0.05) is 15.9 Å². The third-order valence-corrected chi connectivity index (χ3v) is 2.32. The van der Waals surface area contributed by atoms with Crippen LogP contribution in [0.3, 0.4) is 0 Å². The monoisotopic (exact) mass is 280 g/mol. The summed E-state index contributed by atoms with van der Waals surface area (Å²) >= 11 is 3.37. The van der Waals surface area contributed by atoms with Gasteiger partial charge >= 0.3 is 0 Å². The number of methoxy groups -OCH3 is 1. The SMILES string of the molecule is COc1cc(Nc2cc(Br)ccn2)ncn1. The molecule has 2 rings (SSSR count). The maximum absolute atomic E-state index is 5.00. The van der Waals surface area contributed by atoms with Crippen molar-refractivity contribution in [3.05, 3.63) is 35.2 Å². The number of aromatic nitrogens is 3. The number of hydrogen-bond donors (Lipinski definition) is 1. The summed E-state index contributed by atoms with van der Waals surface area (Å²) in [5.41, 5.74) is 0. The highest BCUT2D eigenvalue weighted by molar-refractivity contribution is 9.10. The molecule has 16 heavy (non-hydrogen) atoms. The lowest BCUT2D eigenvalue weighted by molar-refractivity contribution is 0.397. The fourth-order valence-corrected chi connectivity index (χ4v) is 1.46. The molecule has 5 nitrogen and oxygen atoms in total. The molecule has 0 saturated carbocycles. The van der Waals surface area contributed by atoms with E-state index < -0.39 is 0 Å². The molecule has 1 N–H and O–H groups in total. The Bertz CT molecular complexity index is 492. The molecule has 0 atom stereocenters. The van der Waals surface area contributed by atoms with Gasteiger partial charge in [-0.05, 0) is 12.1 Å². The minimum Gasteiger partial charge on any atom is -0.481 e. The molecule has 0 aliphatic carbocycles. The number of rotatable bonds is 3. The van der Waals surface area contributed by atoms with Crippen LogP contribution in [-0.2, 0) is 0 Å². The molecule has 0 unspecified atom stereocenters. The van der Waals surface area contributed by atoms with E-state index in [1.165, 1.54) is 6.33 Å². The van der Waals surface area contributed by atoms with Gasteiger partial charge < -0.3 is 10.1 Å². The number of nitrogens with zero attached hydrogens (tertiary/aromatic N) is 3. The van der Waals surface area contributed by atoms with Crippen molar-refractivity contribution in [3.63, 3.8) is 0 Å². The van der Waals surface area contributed by atoms with Gasteiger partial charge in [0.25, 0.3) is 0 Å². The number of halogens is 1. The average Bonchev–Trinajstić information content (AvgIpc) is 2.29. The second-order valence-corrected chi connectivity index (χ2v) is 3.85. The smallest absolute Gasteiger partial charge is 0.218 e. The zero-order valence-electron chi connectivity index (χ0n) is 8.51. The van der Waals surface area contributed by atoms with E-state index in [9.17, 15) is 0 Å². The molecular formula is C10H9BrN4O. The molecule has 0 saturated heterocycles. The minimum absolute atomic E-state index is 0.507. The van der Waals surface area contributed by atoms with E-state index in [4.69, 9.17) is 4.74 Å². The van der Waals surface area contributed by atoms with Crippen molar-refractivity contribution in [2.45, 2.75) is 0 Å². The second-order valence-electron chi connectivity index (χ2n) is 2.93. The fraction of sp³-hybridized carbons (Fsp3) is 0.100. The number of nitrogens with one attached hydrogen (secondary N) is 1. The van der Waals surface area contributed by atoms with E-state index in [1.807, 2.05) is 12.1 Å². The quantitative estimate of drug-likeness (QED) is 0.936. The summed E-state index contributed by atoms with van der Waals surface area (Å²) in [6, 6.07) is 5.41. The van der Waals surface area contributed by atoms with Crippen molar-refractivity contribution < 1.29 is 4.74 Å². The van der Waals surface area contributed by atoms with Gasteiger partial charge in [0, 0.05) is 16.7 Å². The molecule has 82 valence electrons. The highest BCUT2D eigenvalue weighted by Gasteiger charge is 2.00. The van der Waals surface area contributed by atoms with Gasteiger partial charge in [-0.3, -0.25) is 0 Å². The summed E-state index contributed by atoms with van der Waals surface area (Å²) in [6.07, 6.45) is 3.13. The Balaban J connectivity index is 2.20. The standard InChI is InChI=1S/C10H9BrN4O/c1-16-10-5-9(13-6-14-10)15-8-4-7(11)2-3-12-8/h2-6H,1H3,(H,12,13,14,15). The average molecular weight is 281 g/mol. The van der Waals surface area contributed by atoms with Crippen LogP contribution in [0.15, 0.2) is 35.2 Å². The third kappa shape index (κ3) is 2.66. The minimum atomic E-state index is 0.507. The number of hydrogen-bond acceptors (Lipinski definition) is 5. The van der Waals surface area contributed by atoms with Gasteiger partial charge in [0.15, 0.2) is 0 Å². The molecule has 2 heterocycles. The van der Waals surface area contributed by atoms with Crippen molar-refractivity contribution in [3.8, 4) is 5.88 Å². The first-order valence-corrected chi connectivity index (χ1v) is 5.32. The van der Waals surface area contributed by atoms with E-state index in [-0.39, 0.29) is 0 Å². The Morgan fingerprint density at radius 3 is 2.75 bits per heavy atom.